The smallest absolute Gasteiger partial charge is 0.236 e. The molecule has 1 aromatic rings. The van der Waals surface area contributed by atoms with Crippen molar-refractivity contribution in [1.82, 2.24) is 19.6 Å². The second-order valence-corrected chi connectivity index (χ2v) is 4.19. The number of anilines is 1. The van der Waals surface area contributed by atoms with Crippen LogP contribution in [0.3, 0.4) is 0 Å². The first-order valence-electron chi connectivity index (χ1n) is 5.73. The highest BCUT2D eigenvalue weighted by molar-refractivity contribution is 5.77. The van der Waals surface area contributed by atoms with E-state index >= 15 is 0 Å². The number of amides is 1. The SMILES string of the molecule is CCN(CCn1cc(N)cn1)CC(=O)N(C)C. The molecule has 0 aliphatic rings. The van der Waals surface area contributed by atoms with E-state index in [1.807, 2.05) is 6.92 Å². The lowest BCUT2D eigenvalue weighted by atomic mass is 10.4. The summed E-state index contributed by atoms with van der Waals surface area (Å²) in [6.45, 7) is 4.86. The topological polar surface area (TPSA) is 67.4 Å². The summed E-state index contributed by atoms with van der Waals surface area (Å²) in [7, 11) is 3.54. The van der Waals surface area contributed by atoms with Crippen LogP contribution in [-0.2, 0) is 11.3 Å². The van der Waals surface area contributed by atoms with Crippen molar-refractivity contribution in [2.24, 2.45) is 0 Å². The number of aromatic nitrogens is 2. The molecule has 1 rings (SSSR count). The fraction of sp³-hybridized carbons (Fsp3) is 0.636. The van der Waals surface area contributed by atoms with Crippen molar-refractivity contribution in [2.45, 2.75) is 13.5 Å². The summed E-state index contributed by atoms with van der Waals surface area (Å²) >= 11 is 0. The zero-order valence-electron chi connectivity index (χ0n) is 10.8. The molecule has 0 fully saturated rings. The summed E-state index contributed by atoms with van der Waals surface area (Å²) in [6, 6.07) is 0. The van der Waals surface area contributed by atoms with E-state index in [2.05, 4.69) is 10.00 Å². The Morgan fingerprint density at radius 1 is 1.53 bits per heavy atom. The van der Waals surface area contributed by atoms with Gasteiger partial charge in [-0.25, -0.2) is 0 Å². The number of hydrogen-bond donors (Lipinski definition) is 1. The van der Waals surface area contributed by atoms with Gasteiger partial charge in [0.1, 0.15) is 0 Å². The third-order valence-electron chi connectivity index (χ3n) is 2.60. The standard InChI is InChI=1S/C11H21N5O/c1-4-15(9-11(17)14(2)3)5-6-16-8-10(12)7-13-16/h7-8H,4-6,9,12H2,1-3H3. The number of nitrogens with two attached hydrogens (primary N) is 1. The molecule has 0 spiro atoms. The van der Waals surface area contributed by atoms with Gasteiger partial charge >= 0.3 is 0 Å². The highest BCUT2D eigenvalue weighted by Gasteiger charge is 2.10. The Bertz CT molecular complexity index is 360. The average Bonchev–Trinajstić information content (AvgIpc) is 2.69. The van der Waals surface area contributed by atoms with Crippen molar-refractivity contribution in [3.63, 3.8) is 0 Å². The largest absolute Gasteiger partial charge is 0.396 e. The third kappa shape index (κ3) is 4.44. The number of nitrogens with zero attached hydrogens (tertiary/aromatic N) is 4. The number of hydrogen-bond acceptors (Lipinski definition) is 4. The van der Waals surface area contributed by atoms with E-state index in [1.165, 1.54) is 0 Å². The zero-order valence-corrected chi connectivity index (χ0v) is 10.8. The van der Waals surface area contributed by atoms with Crippen LogP contribution in [0, 0.1) is 0 Å². The van der Waals surface area contributed by atoms with Crippen LogP contribution >= 0.6 is 0 Å². The fourth-order valence-corrected chi connectivity index (χ4v) is 1.43. The Balaban J connectivity index is 2.39. The zero-order chi connectivity index (χ0) is 12.8. The third-order valence-corrected chi connectivity index (χ3v) is 2.60. The molecular formula is C11H21N5O. The fourth-order valence-electron chi connectivity index (χ4n) is 1.43. The molecule has 17 heavy (non-hydrogen) atoms. The highest BCUT2D eigenvalue weighted by atomic mass is 16.2. The van der Waals surface area contributed by atoms with E-state index in [0.717, 1.165) is 19.6 Å². The van der Waals surface area contributed by atoms with Gasteiger partial charge in [-0.05, 0) is 6.54 Å². The van der Waals surface area contributed by atoms with E-state index in [0.29, 0.717) is 12.2 Å². The summed E-state index contributed by atoms with van der Waals surface area (Å²) in [5.41, 5.74) is 6.24. The lowest BCUT2D eigenvalue weighted by Crippen LogP contribution is -2.38. The van der Waals surface area contributed by atoms with Crippen molar-refractivity contribution in [3.05, 3.63) is 12.4 Å². The molecule has 1 heterocycles. The van der Waals surface area contributed by atoms with E-state index in [4.69, 9.17) is 5.73 Å². The van der Waals surface area contributed by atoms with Crippen LogP contribution in [0.5, 0.6) is 0 Å². The van der Waals surface area contributed by atoms with Crippen LogP contribution in [0.1, 0.15) is 6.92 Å². The van der Waals surface area contributed by atoms with E-state index < -0.39 is 0 Å². The van der Waals surface area contributed by atoms with Gasteiger partial charge in [0, 0.05) is 26.8 Å². The lowest BCUT2D eigenvalue weighted by molar-refractivity contribution is -0.129. The Hall–Kier alpha value is -1.56. The number of carbonyl (C=O) groups is 1. The second kappa shape index (κ2) is 6.24. The van der Waals surface area contributed by atoms with Gasteiger partial charge in [-0.15, -0.1) is 0 Å². The summed E-state index contributed by atoms with van der Waals surface area (Å²) in [4.78, 5) is 15.3. The molecular weight excluding hydrogens is 218 g/mol. The molecule has 0 saturated carbocycles. The van der Waals surface area contributed by atoms with Crippen LogP contribution in [0.25, 0.3) is 0 Å². The molecule has 0 aliphatic carbocycles. The molecule has 0 atom stereocenters. The van der Waals surface area contributed by atoms with Crippen LogP contribution in [-0.4, -0.2) is 59.2 Å². The maximum atomic E-state index is 11.6. The van der Waals surface area contributed by atoms with Crippen LogP contribution < -0.4 is 5.73 Å². The number of nitrogen functional groups attached to an aromatic ring is 1. The molecule has 0 aromatic carbocycles. The van der Waals surface area contributed by atoms with Gasteiger partial charge in [0.2, 0.25) is 5.91 Å². The van der Waals surface area contributed by atoms with Crippen LogP contribution in [0.4, 0.5) is 5.69 Å². The molecule has 1 amide bonds. The molecule has 1 aromatic heterocycles. The quantitative estimate of drug-likeness (QED) is 0.751. The molecule has 6 nitrogen and oxygen atoms in total. The molecule has 0 aliphatic heterocycles. The molecule has 0 bridgehead atoms. The predicted molar refractivity (Wildman–Crippen MR) is 67.4 cm³/mol. The Labute approximate surface area is 102 Å². The van der Waals surface area contributed by atoms with Crippen LogP contribution in [0.15, 0.2) is 12.4 Å². The van der Waals surface area contributed by atoms with Gasteiger partial charge in [0.25, 0.3) is 0 Å². The Morgan fingerprint density at radius 2 is 2.24 bits per heavy atom. The molecule has 0 radical (unpaired) electrons. The minimum atomic E-state index is 0.117. The van der Waals surface area contributed by atoms with Gasteiger partial charge in [-0.3, -0.25) is 14.4 Å². The van der Waals surface area contributed by atoms with Gasteiger partial charge in [-0.1, -0.05) is 6.92 Å². The summed E-state index contributed by atoms with van der Waals surface area (Å²) < 4.78 is 1.79. The van der Waals surface area contributed by atoms with Crippen molar-refractivity contribution in [1.29, 1.82) is 0 Å². The number of rotatable bonds is 6. The average molecular weight is 239 g/mol. The van der Waals surface area contributed by atoms with Crippen molar-refractivity contribution in [3.8, 4) is 0 Å². The lowest BCUT2D eigenvalue weighted by Gasteiger charge is -2.21. The summed E-state index contributed by atoms with van der Waals surface area (Å²) in [6.07, 6.45) is 3.42. The van der Waals surface area contributed by atoms with Gasteiger partial charge in [0.05, 0.1) is 25.0 Å². The minimum absolute atomic E-state index is 0.117. The maximum Gasteiger partial charge on any atom is 0.236 e. The summed E-state index contributed by atoms with van der Waals surface area (Å²) in [5.74, 6) is 0.117. The number of carbonyl (C=O) groups excluding carboxylic acids is 1. The summed E-state index contributed by atoms with van der Waals surface area (Å²) in [5, 5.41) is 4.11. The van der Waals surface area contributed by atoms with Gasteiger partial charge < -0.3 is 10.6 Å². The number of likely N-dealkylation sites (N-methyl/N-ethyl adjacent to an activating group) is 2. The molecule has 2 N–H and O–H groups in total. The van der Waals surface area contributed by atoms with E-state index in [1.54, 1.807) is 36.1 Å². The predicted octanol–water partition coefficient (Wildman–Crippen LogP) is -0.125. The van der Waals surface area contributed by atoms with Crippen molar-refractivity contribution < 1.29 is 4.79 Å². The maximum absolute atomic E-state index is 11.6. The van der Waals surface area contributed by atoms with Crippen molar-refractivity contribution in [2.75, 3.05) is 39.5 Å². The van der Waals surface area contributed by atoms with Crippen molar-refractivity contribution >= 4 is 11.6 Å². The first kappa shape index (κ1) is 13.5. The molecule has 6 heteroatoms. The monoisotopic (exact) mass is 239 g/mol. The molecule has 0 saturated heterocycles. The minimum Gasteiger partial charge on any atom is -0.396 e. The first-order chi connectivity index (χ1) is 8.02. The highest BCUT2D eigenvalue weighted by Crippen LogP contribution is 1.99. The molecule has 96 valence electrons. The van der Waals surface area contributed by atoms with Gasteiger partial charge in [0.15, 0.2) is 0 Å². The Morgan fingerprint density at radius 3 is 2.71 bits per heavy atom. The Kier molecular flexibility index (Phi) is 4.96. The first-order valence-corrected chi connectivity index (χ1v) is 5.73. The second-order valence-electron chi connectivity index (χ2n) is 4.19. The van der Waals surface area contributed by atoms with E-state index in [9.17, 15) is 4.79 Å². The molecule has 0 unspecified atom stereocenters. The van der Waals surface area contributed by atoms with Gasteiger partial charge in [-0.2, -0.15) is 5.10 Å². The van der Waals surface area contributed by atoms with E-state index in [-0.39, 0.29) is 5.91 Å². The normalized spacial score (nSPS) is 10.8. The van der Waals surface area contributed by atoms with Crippen LogP contribution in [0.2, 0.25) is 0 Å².